The molecule has 1 fully saturated rings. The van der Waals surface area contributed by atoms with Crippen molar-refractivity contribution in [1.82, 2.24) is 15.1 Å². The second-order valence-corrected chi connectivity index (χ2v) is 6.30. The van der Waals surface area contributed by atoms with Crippen molar-refractivity contribution in [1.29, 1.82) is 0 Å². The van der Waals surface area contributed by atoms with E-state index in [4.69, 9.17) is 4.74 Å². The molecule has 1 aliphatic rings. The Kier molecular flexibility index (Phi) is 4.63. The molecule has 5 nitrogen and oxygen atoms in total. The topological polar surface area (TPSA) is 61.4 Å². The maximum atomic E-state index is 12.9. The van der Waals surface area contributed by atoms with Gasteiger partial charge in [-0.05, 0) is 50.6 Å². The first-order valence-corrected chi connectivity index (χ1v) is 7.86. The summed E-state index contributed by atoms with van der Waals surface area (Å²) in [6.07, 6.45) is 3.45. The molecule has 23 heavy (non-hydrogen) atoms. The van der Waals surface area contributed by atoms with Crippen LogP contribution in [0.1, 0.15) is 24.1 Å². The van der Waals surface area contributed by atoms with Crippen LogP contribution in [0.2, 0.25) is 0 Å². The molecular formula is C17H22FN3O2. The van der Waals surface area contributed by atoms with E-state index >= 15 is 0 Å². The van der Waals surface area contributed by atoms with E-state index in [9.17, 15) is 9.50 Å². The minimum atomic E-state index is -0.885. The van der Waals surface area contributed by atoms with Gasteiger partial charge in [-0.1, -0.05) is 0 Å². The number of hydrogen-bond acceptors (Lipinski definition) is 4. The van der Waals surface area contributed by atoms with E-state index in [0.29, 0.717) is 18.7 Å². The molecule has 1 aliphatic heterocycles. The van der Waals surface area contributed by atoms with Crippen LogP contribution in [0, 0.1) is 12.7 Å². The molecule has 2 aromatic rings. The van der Waals surface area contributed by atoms with Crippen molar-refractivity contribution < 1.29 is 14.2 Å². The zero-order valence-electron chi connectivity index (χ0n) is 13.3. The lowest BCUT2D eigenvalue weighted by Crippen LogP contribution is -2.51. The molecule has 124 valence electrons. The molecule has 1 aromatic heterocycles. The highest BCUT2D eigenvalue weighted by Crippen LogP contribution is 2.24. The van der Waals surface area contributed by atoms with E-state index in [-0.39, 0.29) is 12.4 Å². The van der Waals surface area contributed by atoms with Gasteiger partial charge in [0.05, 0.1) is 6.20 Å². The van der Waals surface area contributed by atoms with Gasteiger partial charge >= 0.3 is 0 Å². The van der Waals surface area contributed by atoms with Gasteiger partial charge in [-0.15, -0.1) is 0 Å². The number of ether oxygens (including phenoxy) is 1. The molecule has 1 aromatic carbocycles. The number of piperidine rings is 1. The fraction of sp³-hybridized carbons (Fsp3) is 0.471. The van der Waals surface area contributed by atoms with Crippen LogP contribution in [0.15, 0.2) is 30.5 Å². The number of nitrogens with zero attached hydrogens (tertiary/aromatic N) is 2. The molecule has 3 rings (SSSR count). The number of aromatic nitrogens is 2. The minimum Gasteiger partial charge on any atom is -0.491 e. The van der Waals surface area contributed by atoms with Gasteiger partial charge in [0.15, 0.2) is 0 Å². The van der Waals surface area contributed by atoms with E-state index in [0.717, 1.165) is 30.8 Å². The van der Waals surface area contributed by atoms with Crippen LogP contribution in [-0.4, -0.2) is 45.5 Å². The average Bonchev–Trinajstić information content (AvgIpc) is 2.92. The first kappa shape index (κ1) is 16.0. The van der Waals surface area contributed by atoms with Crippen molar-refractivity contribution in [3.8, 4) is 5.75 Å². The highest BCUT2D eigenvalue weighted by atomic mass is 19.1. The fourth-order valence-corrected chi connectivity index (χ4v) is 2.98. The van der Waals surface area contributed by atoms with Crippen LogP contribution >= 0.6 is 0 Å². The van der Waals surface area contributed by atoms with Gasteiger partial charge in [0.2, 0.25) is 0 Å². The van der Waals surface area contributed by atoms with Crippen LogP contribution in [0.3, 0.4) is 0 Å². The quantitative estimate of drug-likeness (QED) is 0.887. The highest BCUT2D eigenvalue weighted by molar-refractivity contribution is 5.22. The number of benzene rings is 1. The molecule has 2 heterocycles. The number of aliphatic hydroxyl groups is 1. The lowest BCUT2D eigenvalue weighted by atomic mass is 9.93. The molecule has 1 saturated heterocycles. The van der Waals surface area contributed by atoms with Gasteiger partial charge in [-0.25, -0.2) is 4.39 Å². The number of aromatic amines is 1. The number of halogens is 1. The zero-order valence-corrected chi connectivity index (χ0v) is 13.3. The van der Waals surface area contributed by atoms with Crippen LogP contribution in [0.25, 0.3) is 0 Å². The maximum absolute atomic E-state index is 12.9. The van der Waals surface area contributed by atoms with Crippen molar-refractivity contribution in [2.24, 2.45) is 0 Å². The van der Waals surface area contributed by atoms with Crippen molar-refractivity contribution in [2.45, 2.75) is 31.9 Å². The molecule has 0 unspecified atom stereocenters. The van der Waals surface area contributed by atoms with Gasteiger partial charge in [-0.3, -0.25) is 10.00 Å². The number of H-pyrrole nitrogens is 1. The Morgan fingerprint density at radius 2 is 2.17 bits per heavy atom. The van der Waals surface area contributed by atoms with E-state index in [1.807, 2.05) is 13.1 Å². The highest BCUT2D eigenvalue weighted by Gasteiger charge is 2.34. The van der Waals surface area contributed by atoms with Crippen molar-refractivity contribution >= 4 is 0 Å². The fourth-order valence-electron chi connectivity index (χ4n) is 2.98. The Hall–Kier alpha value is -1.92. The molecule has 0 radical (unpaired) electrons. The summed E-state index contributed by atoms with van der Waals surface area (Å²) in [6, 6.07) is 5.87. The molecule has 0 aliphatic carbocycles. The van der Waals surface area contributed by atoms with Gasteiger partial charge < -0.3 is 9.84 Å². The average molecular weight is 319 g/mol. The zero-order chi connectivity index (χ0) is 16.3. The number of aryl methyl sites for hydroxylation is 1. The molecule has 0 saturated carbocycles. The molecule has 0 bridgehead atoms. The SMILES string of the molecule is Cc1[nH]ncc1CN1CCC[C@@](O)(COc2ccc(F)cc2)C1. The summed E-state index contributed by atoms with van der Waals surface area (Å²) < 4.78 is 18.6. The summed E-state index contributed by atoms with van der Waals surface area (Å²) in [4.78, 5) is 2.22. The van der Waals surface area contributed by atoms with E-state index in [1.54, 1.807) is 12.1 Å². The molecule has 0 spiro atoms. The summed E-state index contributed by atoms with van der Waals surface area (Å²) in [7, 11) is 0. The van der Waals surface area contributed by atoms with Crippen molar-refractivity contribution in [2.75, 3.05) is 19.7 Å². The lowest BCUT2D eigenvalue weighted by Gasteiger charge is -2.38. The maximum Gasteiger partial charge on any atom is 0.123 e. The Morgan fingerprint density at radius 1 is 1.39 bits per heavy atom. The lowest BCUT2D eigenvalue weighted by molar-refractivity contribution is -0.0621. The first-order chi connectivity index (χ1) is 11.0. The summed E-state index contributed by atoms with van der Waals surface area (Å²) >= 11 is 0. The predicted molar refractivity (Wildman–Crippen MR) is 84.7 cm³/mol. The molecule has 6 heteroatoms. The molecule has 1 atom stereocenters. The largest absolute Gasteiger partial charge is 0.491 e. The number of rotatable bonds is 5. The van der Waals surface area contributed by atoms with E-state index in [2.05, 4.69) is 15.1 Å². The first-order valence-electron chi connectivity index (χ1n) is 7.86. The third-order valence-electron chi connectivity index (χ3n) is 4.28. The Bertz CT molecular complexity index is 644. The number of nitrogens with one attached hydrogen (secondary N) is 1. The second-order valence-electron chi connectivity index (χ2n) is 6.30. The molecular weight excluding hydrogens is 297 g/mol. The van der Waals surface area contributed by atoms with Crippen LogP contribution in [0.5, 0.6) is 5.75 Å². The van der Waals surface area contributed by atoms with E-state index < -0.39 is 5.60 Å². The molecule has 2 N–H and O–H groups in total. The molecule has 0 amide bonds. The summed E-state index contributed by atoms with van der Waals surface area (Å²) in [5.41, 5.74) is 1.32. The van der Waals surface area contributed by atoms with Gasteiger partial charge in [0.25, 0.3) is 0 Å². The monoisotopic (exact) mass is 319 g/mol. The third-order valence-corrected chi connectivity index (χ3v) is 4.28. The Labute approximate surface area is 135 Å². The predicted octanol–water partition coefficient (Wildman–Crippen LogP) is 2.26. The summed E-state index contributed by atoms with van der Waals surface area (Å²) in [5.74, 6) is 0.276. The normalized spacial score (nSPS) is 22.2. The Morgan fingerprint density at radius 3 is 2.87 bits per heavy atom. The summed E-state index contributed by atoms with van der Waals surface area (Å²) in [6.45, 7) is 4.47. The van der Waals surface area contributed by atoms with Crippen molar-refractivity contribution in [3.63, 3.8) is 0 Å². The standard InChI is InChI=1S/C17H22FN3O2/c1-13-14(9-19-20-13)10-21-8-2-7-17(22,11-21)12-23-16-5-3-15(18)4-6-16/h3-6,9,22H,2,7-8,10-12H2,1H3,(H,19,20)/t17-/m0/s1. The van der Waals surface area contributed by atoms with Crippen molar-refractivity contribution in [3.05, 3.63) is 47.5 Å². The van der Waals surface area contributed by atoms with E-state index in [1.165, 1.54) is 12.1 Å². The van der Waals surface area contributed by atoms with Gasteiger partial charge in [0.1, 0.15) is 23.8 Å². The van der Waals surface area contributed by atoms with Crippen LogP contribution in [0.4, 0.5) is 4.39 Å². The number of hydrogen-bond donors (Lipinski definition) is 2. The van der Waals surface area contributed by atoms with Crippen LogP contribution in [-0.2, 0) is 6.54 Å². The summed E-state index contributed by atoms with van der Waals surface area (Å²) in [5, 5.41) is 17.8. The number of likely N-dealkylation sites (tertiary alicyclic amines) is 1. The van der Waals surface area contributed by atoms with Crippen LogP contribution < -0.4 is 4.74 Å². The minimum absolute atomic E-state index is 0.208. The third kappa shape index (κ3) is 4.09. The van der Waals surface area contributed by atoms with Gasteiger partial charge in [0, 0.05) is 24.3 Å². The Balaban J connectivity index is 1.57. The number of β-amino-alcohol motifs (C(OH)–C–C–N with tert-alkyl or cyclic N) is 1. The van der Waals surface area contributed by atoms with Gasteiger partial charge in [-0.2, -0.15) is 5.10 Å². The second kappa shape index (κ2) is 6.68. The smallest absolute Gasteiger partial charge is 0.123 e.